The summed E-state index contributed by atoms with van der Waals surface area (Å²) in [6, 6.07) is 8.07. The number of rotatable bonds is 14. The van der Waals surface area contributed by atoms with E-state index < -0.39 is 35.1 Å². The number of ether oxygens (including phenoxy) is 1. The maximum atomic E-state index is 14.6. The van der Waals surface area contributed by atoms with E-state index in [0.717, 1.165) is 24.8 Å². The first-order chi connectivity index (χ1) is 19.6. The Labute approximate surface area is 245 Å². The molecule has 0 radical (unpaired) electrons. The first-order valence-electron chi connectivity index (χ1n) is 15.0. The predicted octanol–water partition coefficient (Wildman–Crippen LogP) is 3.45. The summed E-state index contributed by atoms with van der Waals surface area (Å²) in [4.78, 5) is 48.1. The molecule has 0 aromatic heterocycles. The highest BCUT2D eigenvalue weighted by Gasteiger charge is 2.80. The molecule has 41 heavy (non-hydrogen) atoms. The summed E-state index contributed by atoms with van der Waals surface area (Å²) in [6.07, 6.45) is 7.07. The molecule has 1 aromatic carbocycles. The summed E-state index contributed by atoms with van der Waals surface area (Å²) < 4.78 is 6.89. The number of likely N-dealkylation sites (tertiary alicyclic amines) is 1. The molecule has 1 N–H and O–H groups in total. The zero-order chi connectivity index (χ0) is 29.9. The van der Waals surface area contributed by atoms with Crippen LogP contribution in [0, 0.1) is 17.8 Å². The second kappa shape index (κ2) is 12.5. The molecule has 7 atom stereocenters. The van der Waals surface area contributed by atoms with Crippen molar-refractivity contribution < 1.29 is 24.2 Å². The fraction of sp³-hybridized carbons (Fsp3) is 0.606. The molecule has 3 unspecified atom stereocenters. The molecular formula is C33H47N3O5. The van der Waals surface area contributed by atoms with Crippen molar-refractivity contribution in [3.8, 4) is 0 Å². The van der Waals surface area contributed by atoms with Crippen LogP contribution in [-0.2, 0) is 25.5 Å². The van der Waals surface area contributed by atoms with Gasteiger partial charge in [0.25, 0.3) is 0 Å². The molecule has 3 aliphatic heterocycles. The summed E-state index contributed by atoms with van der Waals surface area (Å²) in [5, 5.41) is 10.7. The third-order valence-corrected chi connectivity index (χ3v) is 9.64. The van der Waals surface area contributed by atoms with Gasteiger partial charge < -0.3 is 24.5 Å². The van der Waals surface area contributed by atoms with Crippen LogP contribution in [0.15, 0.2) is 55.6 Å². The third-order valence-electron chi connectivity index (χ3n) is 9.64. The number of nitrogens with zero attached hydrogens (tertiary/aromatic N) is 3. The summed E-state index contributed by atoms with van der Waals surface area (Å²) >= 11 is 0. The highest BCUT2D eigenvalue weighted by molar-refractivity contribution is 5.99. The Balaban J connectivity index is 1.83. The Morgan fingerprint density at radius 2 is 1.85 bits per heavy atom. The van der Waals surface area contributed by atoms with Crippen molar-refractivity contribution in [1.82, 2.24) is 14.7 Å². The number of carbonyl (C=O) groups is 3. The summed E-state index contributed by atoms with van der Waals surface area (Å²) in [5.41, 5.74) is -1.10. The molecular weight excluding hydrogens is 518 g/mol. The molecule has 0 aliphatic carbocycles. The first-order valence-corrected chi connectivity index (χ1v) is 15.0. The number of hydrogen-bond acceptors (Lipinski definition) is 5. The van der Waals surface area contributed by atoms with Crippen LogP contribution in [-0.4, -0.2) is 94.1 Å². The molecule has 4 rings (SSSR count). The highest BCUT2D eigenvalue weighted by atomic mass is 16.5. The lowest BCUT2D eigenvalue weighted by molar-refractivity contribution is -0.157. The van der Waals surface area contributed by atoms with E-state index in [0.29, 0.717) is 32.5 Å². The quantitative estimate of drug-likeness (QED) is 0.276. The normalized spacial score (nSPS) is 30.7. The van der Waals surface area contributed by atoms with Crippen LogP contribution in [0.2, 0.25) is 0 Å². The van der Waals surface area contributed by atoms with E-state index >= 15 is 0 Å². The first kappa shape index (κ1) is 31.0. The number of aliphatic hydroxyl groups excluding tert-OH is 1. The average molecular weight is 566 g/mol. The topological polar surface area (TPSA) is 90.4 Å². The number of aliphatic hydroxyl groups is 1. The van der Waals surface area contributed by atoms with Crippen molar-refractivity contribution in [2.75, 3.05) is 33.3 Å². The minimum Gasteiger partial charge on any atom is -0.394 e. The molecule has 3 saturated heterocycles. The number of carbonyl (C=O) groups excluding carboxylic acids is 3. The van der Waals surface area contributed by atoms with E-state index in [9.17, 15) is 19.5 Å². The standard InChI is InChI=1S/C33H47N3O5/c1-7-10-14-19-35(18-9-3)31(40)28-33-21-23(4)32(5,41-33)26(29(38)34(6)17-8-2)27(33)30(39)36(28)25(22-37)20-24-15-12-11-13-16-24/h8-9,11-13,15-16,23,25-28,37H,2-3,7,10,14,17-22H2,1,4-6H3/t23?,25-,26-,27+,28?,32+,33?/m1/s1. The largest absolute Gasteiger partial charge is 0.394 e. The number of amides is 3. The van der Waals surface area contributed by atoms with Crippen LogP contribution >= 0.6 is 0 Å². The van der Waals surface area contributed by atoms with Crippen LogP contribution in [0.3, 0.4) is 0 Å². The fourth-order valence-corrected chi connectivity index (χ4v) is 7.56. The van der Waals surface area contributed by atoms with Crippen molar-refractivity contribution in [3.63, 3.8) is 0 Å². The van der Waals surface area contributed by atoms with Crippen LogP contribution in [0.1, 0.15) is 52.0 Å². The number of fused-ring (bicyclic) bond motifs is 1. The summed E-state index contributed by atoms with van der Waals surface area (Å²) in [6.45, 7) is 14.7. The van der Waals surface area contributed by atoms with Crippen molar-refractivity contribution in [3.05, 3.63) is 61.2 Å². The van der Waals surface area contributed by atoms with E-state index in [1.165, 1.54) is 0 Å². The van der Waals surface area contributed by atoms with E-state index in [1.54, 1.807) is 33.9 Å². The molecule has 3 amide bonds. The van der Waals surface area contributed by atoms with Crippen molar-refractivity contribution >= 4 is 17.7 Å². The highest BCUT2D eigenvalue weighted by Crippen LogP contribution is 2.65. The number of benzene rings is 1. The Morgan fingerprint density at radius 3 is 2.46 bits per heavy atom. The van der Waals surface area contributed by atoms with E-state index in [4.69, 9.17) is 4.74 Å². The summed E-state index contributed by atoms with van der Waals surface area (Å²) in [7, 11) is 1.71. The molecule has 224 valence electrons. The second-order valence-corrected chi connectivity index (χ2v) is 12.3. The van der Waals surface area contributed by atoms with Crippen LogP contribution in [0.4, 0.5) is 0 Å². The van der Waals surface area contributed by atoms with Gasteiger partial charge in [-0.2, -0.15) is 0 Å². The van der Waals surface area contributed by atoms with Gasteiger partial charge in [0.2, 0.25) is 17.7 Å². The minimum absolute atomic E-state index is 0.0532. The number of unbranched alkanes of at least 4 members (excludes halogenated alkanes) is 2. The van der Waals surface area contributed by atoms with Gasteiger partial charge in [0.1, 0.15) is 11.6 Å². The Hall–Kier alpha value is -2.97. The number of hydrogen-bond donors (Lipinski definition) is 1. The third kappa shape index (κ3) is 5.25. The zero-order valence-electron chi connectivity index (χ0n) is 25.1. The Bertz CT molecular complexity index is 1140. The van der Waals surface area contributed by atoms with Crippen LogP contribution < -0.4 is 0 Å². The van der Waals surface area contributed by atoms with Crippen molar-refractivity contribution in [2.45, 2.75) is 76.2 Å². The van der Waals surface area contributed by atoms with Gasteiger partial charge in [0.05, 0.1) is 30.1 Å². The van der Waals surface area contributed by atoms with Crippen molar-refractivity contribution in [1.29, 1.82) is 0 Å². The second-order valence-electron chi connectivity index (χ2n) is 12.3. The van der Waals surface area contributed by atoms with E-state index in [1.807, 2.05) is 44.2 Å². The Kier molecular flexibility index (Phi) is 9.44. The average Bonchev–Trinajstić information content (AvgIpc) is 3.47. The Morgan fingerprint density at radius 1 is 1.17 bits per heavy atom. The SMILES string of the molecule is C=CCN(C)C(=O)[C@H]1[C@H]2C(=O)N([C@@H](CO)Cc3ccccc3)C(C(=O)N(CC=C)CCCCC)C23CC(C)[C@]1(C)O3. The van der Waals surface area contributed by atoms with Gasteiger partial charge >= 0.3 is 0 Å². The molecule has 3 aliphatic rings. The van der Waals surface area contributed by atoms with Crippen LogP contribution in [0.25, 0.3) is 0 Å². The van der Waals surface area contributed by atoms with Crippen molar-refractivity contribution in [2.24, 2.45) is 17.8 Å². The van der Waals surface area contributed by atoms with Gasteiger partial charge in [0, 0.05) is 26.7 Å². The lowest BCUT2D eigenvalue weighted by Gasteiger charge is -2.39. The zero-order valence-corrected chi connectivity index (χ0v) is 25.1. The maximum absolute atomic E-state index is 14.6. The molecule has 2 bridgehead atoms. The number of likely N-dealkylation sites (N-methyl/N-ethyl adjacent to an activating group) is 1. The van der Waals surface area contributed by atoms with Gasteiger partial charge in [-0.15, -0.1) is 13.2 Å². The van der Waals surface area contributed by atoms with Gasteiger partial charge in [0.15, 0.2) is 0 Å². The van der Waals surface area contributed by atoms with Gasteiger partial charge in [-0.1, -0.05) is 69.2 Å². The molecule has 8 heteroatoms. The smallest absolute Gasteiger partial charge is 0.248 e. The molecule has 0 saturated carbocycles. The maximum Gasteiger partial charge on any atom is 0.248 e. The lowest BCUT2D eigenvalue weighted by atomic mass is 9.62. The molecule has 3 heterocycles. The molecule has 3 fully saturated rings. The van der Waals surface area contributed by atoms with E-state index in [-0.39, 0.29) is 30.2 Å². The predicted molar refractivity (Wildman–Crippen MR) is 159 cm³/mol. The van der Waals surface area contributed by atoms with Gasteiger partial charge in [-0.25, -0.2) is 0 Å². The van der Waals surface area contributed by atoms with Gasteiger partial charge in [-0.3, -0.25) is 14.4 Å². The lowest BCUT2D eigenvalue weighted by Crippen LogP contribution is -2.59. The van der Waals surface area contributed by atoms with Gasteiger partial charge in [-0.05, 0) is 37.7 Å². The minimum atomic E-state index is -1.16. The monoisotopic (exact) mass is 565 g/mol. The van der Waals surface area contributed by atoms with Crippen LogP contribution in [0.5, 0.6) is 0 Å². The summed E-state index contributed by atoms with van der Waals surface area (Å²) in [5.74, 6) is -2.28. The van der Waals surface area contributed by atoms with E-state index in [2.05, 4.69) is 20.1 Å². The molecule has 1 aromatic rings. The fourth-order valence-electron chi connectivity index (χ4n) is 7.56. The molecule has 1 spiro atoms. The molecule has 8 nitrogen and oxygen atoms in total.